The second-order valence-electron chi connectivity index (χ2n) is 14.2. The van der Waals surface area contributed by atoms with Crippen LogP contribution in [0, 0.1) is 11.3 Å². The molecule has 0 aromatic heterocycles. The van der Waals surface area contributed by atoms with Gasteiger partial charge in [-0.25, -0.2) is 0 Å². The first-order chi connectivity index (χ1) is 20.9. The molecular weight excluding hydrogens is 556 g/mol. The fraction of sp³-hybridized carbons (Fsp3) is 0.750. The van der Waals surface area contributed by atoms with E-state index in [9.17, 15) is 19.5 Å². The predicted octanol–water partition coefficient (Wildman–Crippen LogP) is 7.11. The average molecular weight is 615 g/mol. The Morgan fingerprint density at radius 1 is 0.909 bits per heavy atom. The van der Waals surface area contributed by atoms with Gasteiger partial charge in [0.25, 0.3) is 0 Å². The van der Waals surface area contributed by atoms with Gasteiger partial charge in [0.15, 0.2) is 5.79 Å². The quantitative estimate of drug-likeness (QED) is 0.161. The van der Waals surface area contributed by atoms with Gasteiger partial charge >= 0.3 is 5.97 Å². The Hall–Kier alpha value is -2.45. The molecule has 3 N–H and O–H groups in total. The van der Waals surface area contributed by atoms with Crippen molar-refractivity contribution in [3.05, 3.63) is 35.9 Å². The SMILES string of the molecule is CCCCCCCCCCC(C(=O)NC1(C(CNC(=O)C2OC(C)(C)OCC2(C)C)C(=O)O)CCCCC1)c1ccccc1. The Kier molecular flexibility index (Phi) is 13.7. The van der Waals surface area contributed by atoms with E-state index in [1.54, 1.807) is 13.8 Å². The lowest BCUT2D eigenvalue weighted by atomic mass is 9.72. The number of aliphatic carboxylic acids is 1. The Morgan fingerprint density at radius 2 is 1.52 bits per heavy atom. The minimum atomic E-state index is -1.01. The number of nitrogens with one attached hydrogen (secondary N) is 2. The summed E-state index contributed by atoms with van der Waals surface area (Å²) in [6.07, 6.45) is 13.2. The minimum Gasteiger partial charge on any atom is -0.481 e. The molecule has 248 valence electrons. The molecule has 1 saturated heterocycles. The van der Waals surface area contributed by atoms with Gasteiger partial charge in [-0.2, -0.15) is 0 Å². The van der Waals surface area contributed by atoms with Gasteiger partial charge in [0, 0.05) is 12.0 Å². The minimum absolute atomic E-state index is 0.0836. The Labute approximate surface area is 265 Å². The molecule has 0 spiro atoms. The van der Waals surface area contributed by atoms with Crippen molar-refractivity contribution in [1.82, 2.24) is 10.6 Å². The largest absolute Gasteiger partial charge is 0.481 e. The summed E-state index contributed by atoms with van der Waals surface area (Å²) in [5.74, 6) is -3.71. The smallest absolute Gasteiger partial charge is 0.310 e. The van der Waals surface area contributed by atoms with Crippen LogP contribution in [0.2, 0.25) is 0 Å². The van der Waals surface area contributed by atoms with Crippen molar-refractivity contribution >= 4 is 17.8 Å². The second kappa shape index (κ2) is 16.7. The van der Waals surface area contributed by atoms with Crippen LogP contribution in [0.3, 0.4) is 0 Å². The van der Waals surface area contributed by atoms with E-state index in [4.69, 9.17) is 9.47 Å². The van der Waals surface area contributed by atoms with Gasteiger partial charge in [-0.05, 0) is 38.7 Å². The van der Waals surface area contributed by atoms with Crippen LogP contribution >= 0.6 is 0 Å². The molecule has 3 rings (SSSR count). The summed E-state index contributed by atoms with van der Waals surface area (Å²) >= 11 is 0. The van der Waals surface area contributed by atoms with Crippen molar-refractivity contribution in [2.45, 2.75) is 148 Å². The topological polar surface area (TPSA) is 114 Å². The highest BCUT2D eigenvalue weighted by Crippen LogP contribution is 2.38. The summed E-state index contributed by atoms with van der Waals surface area (Å²) < 4.78 is 11.7. The zero-order chi connectivity index (χ0) is 32.2. The first-order valence-corrected chi connectivity index (χ1v) is 17.1. The van der Waals surface area contributed by atoms with Crippen LogP contribution in [0.4, 0.5) is 0 Å². The van der Waals surface area contributed by atoms with Gasteiger partial charge in [0.2, 0.25) is 11.8 Å². The van der Waals surface area contributed by atoms with E-state index in [1.165, 1.54) is 38.5 Å². The summed E-state index contributed by atoms with van der Waals surface area (Å²) in [5, 5.41) is 16.7. The molecule has 1 aliphatic heterocycles. The zero-order valence-electron chi connectivity index (χ0n) is 27.9. The van der Waals surface area contributed by atoms with Crippen LogP contribution in [0.5, 0.6) is 0 Å². The molecule has 0 radical (unpaired) electrons. The molecule has 1 aromatic rings. The molecule has 1 aliphatic carbocycles. The highest BCUT2D eigenvalue weighted by Gasteiger charge is 2.48. The maximum atomic E-state index is 14.1. The summed E-state index contributed by atoms with van der Waals surface area (Å²) in [4.78, 5) is 40.3. The maximum Gasteiger partial charge on any atom is 0.310 e. The molecule has 0 bridgehead atoms. The summed E-state index contributed by atoms with van der Waals surface area (Å²) in [6.45, 7) is 9.84. The van der Waals surface area contributed by atoms with Crippen LogP contribution in [0.1, 0.15) is 136 Å². The number of amides is 2. The standard InChI is InChI=1S/C36H58N2O6/c1-6-7-8-9-10-11-12-17-22-28(27-20-15-13-16-21-27)31(39)38-36(23-18-14-19-24-36)29(33(41)42)25-37-32(40)30-34(2,3)26-43-35(4,5)44-30/h13,15-16,20-21,28-30H,6-12,14,17-19,22-26H2,1-5H3,(H,37,40)(H,38,39)(H,41,42). The normalized spacial score (nSPS) is 22.0. The predicted molar refractivity (Wildman–Crippen MR) is 173 cm³/mol. The molecule has 1 heterocycles. The van der Waals surface area contributed by atoms with Crippen molar-refractivity contribution < 1.29 is 29.0 Å². The summed E-state index contributed by atoms with van der Waals surface area (Å²) in [5.41, 5.74) is -0.555. The third-order valence-electron chi connectivity index (χ3n) is 9.57. The summed E-state index contributed by atoms with van der Waals surface area (Å²) in [6, 6.07) is 9.85. The van der Waals surface area contributed by atoms with E-state index in [-0.39, 0.29) is 24.3 Å². The Bertz CT molecular complexity index is 1050. The number of hydrogen-bond acceptors (Lipinski definition) is 5. The number of benzene rings is 1. The molecule has 1 aromatic carbocycles. The maximum absolute atomic E-state index is 14.1. The third kappa shape index (κ3) is 10.3. The average Bonchev–Trinajstić information content (AvgIpc) is 2.98. The molecule has 2 fully saturated rings. The molecule has 1 saturated carbocycles. The van der Waals surface area contributed by atoms with Gasteiger partial charge in [-0.3, -0.25) is 14.4 Å². The van der Waals surface area contributed by atoms with Gasteiger partial charge in [-0.15, -0.1) is 0 Å². The van der Waals surface area contributed by atoms with E-state index in [1.807, 2.05) is 44.2 Å². The number of carboxylic acid groups (broad SMARTS) is 1. The van der Waals surface area contributed by atoms with Gasteiger partial charge in [0.1, 0.15) is 6.10 Å². The number of carbonyl (C=O) groups excluding carboxylic acids is 2. The Balaban J connectivity index is 1.73. The van der Waals surface area contributed by atoms with Crippen LogP contribution in [-0.4, -0.2) is 53.5 Å². The van der Waals surface area contributed by atoms with Crippen molar-refractivity contribution in [1.29, 1.82) is 0 Å². The summed E-state index contributed by atoms with van der Waals surface area (Å²) in [7, 11) is 0. The van der Waals surface area contributed by atoms with E-state index >= 15 is 0 Å². The van der Waals surface area contributed by atoms with Crippen LogP contribution in [0.15, 0.2) is 30.3 Å². The molecule has 3 atom stereocenters. The van der Waals surface area contributed by atoms with Crippen LogP contribution in [-0.2, 0) is 23.9 Å². The molecule has 2 aliphatic rings. The van der Waals surface area contributed by atoms with Crippen LogP contribution in [0.25, 0.3) is 0 Å². The molecule has 8 heteroatoms. The highest BCUT2D eigenvalue weighted by molar-refractivity contribution is 5.86. The zero-order valence-corrected chi connectivity index (χ0v) is 27.9. The number of rotatable bonds is 17. The first kappa shape index (κ1) is 36.0. The van der Waals surface area contributed by atoms with E-state index < -0.39 is 34.7 Å². The monoisotopic (exact) mass is 614 g/mol. The molecule has 44 heavy (non-hydrogen) atoms. The molecule has 8 nitrogen and oxygen atoms in total. The molecule has 2 amide bonds. The fourth-order valence-corrected chi connectivity index (χ4v) is 6.83. The van der Waals surface area contributed by atoms with E-state index in [0.717, 1.165) is 44.1 Å². The lowest BCUT2D eigenvalue weighted by Gasteiger charge is -2.45. The number of carboxylic acids is 1. The number of hydrogen-bond donors (Lipinski definition) is 3. The van der Waals surface area contributed by atoms with Gasteiger partial charge in [0.05, 0.1) is 24.0 Å². The third-order valence-corrected chi connectivity index (χ3v) is 9.57. The highest BCUT2D eigenvalue weighted by atomic mass is 16.7. The second-order valence-corrected chi connectivity index (χ2v) is 14.2. The number of unbranched alkanes of at least 4 members (excludes halogenated alkanes) is 7. The Morgan fingerprint density at radius 3 is 2.14 bits per heavy atom. The number of carbonyl (C=O) groups is 3. The molecular formula is C36H58N2O6. The lowest BCUT2D eigenvalue weighted by molar-refractivity contribution is -0.304. The van der Waals surface area contributed by atoms with Crippen molar-refractivity contribution in [3.8, 4) is 0 Å². The van der Waals surface area contributed by atoms with Crippen molar-refractivity contribution in [3.63, 3.8) is 0 Å². The van der Waals surface area contributed by atoms with E-state index in [2.05, 4.69) is 17.6 Å². The van der Waals surface area contributed by atoms with Crippen molar-refractivity contribution in [2.24, 2.45) is 11.3 Å². The number of ether oxygens (including phenoxy) is 2. The molecule has 3 unspecified atom stereocenters. The van der Waals surface area contributed by atoms with Gasteiger partial charge in [-0.1, -0.05) is 122 Å². The first-order valence-electron chi connectivity index (χ1n) is 17.1. The fourth-order valence-electron chi connectivity index (χ4n) is 6.83. The lowest BCUT2D eigenvalue weighted by Crippen LogP contribution is -2.62. The van der Waals surface area contributed by atoms with Crippen LogP contribution < -0.4 is 10.6 Å². The van der Waals surface area contributed by atoms with Crippen molar-refractivity contribution in [2.75, 3.05) is 13.2 Å². The van der Waals surface area contributed by atoms with Gasteiger partial charge < -0.3 is 25.2 Å². The van der Waals surface area contributed by atoms with E-state index in [0.29, 0.717) is 19.4 Å².